The number of amides is 3. The van der Waals surface area contributed by atoms with Crippen LogP contribution in [0.2, 0.25) is 0 Å². The Morgan fingerprint density at radius 1 is 1.07 bits per heavy atom. The van der Waals surface area contributed by atoms with E-state index in [1.165, 1.54) is 0 Å². The van der Waals surface area contributed by atoms with Crippen LogP contribution in [0.4, 0.5) is 4.79 Å². The predicted molar refractivity (Wildman–Crippen MR) is 113 cm³/mol. The second-order valence-electron chi connectivity index (χ2n) is 8.35. The van der Waals surface area contributed by atoms with Crippen LogP contribution in [-0.2, 0) is 17.9 Å². The molecule has 1 saturated carbocycles. The second kappa shape index (κ2) is 8.78. The quantitative estimate of drug-likeness (QED) is 0.757. The third kappa shape index (κ3) is 6.09. The van der Waals surface area contributed by atoms with Gasteiger partial charge in [0.2, 0.25) is 5.91 Å². The molecule has 3 rings (SSSR count). The average Bonchev–Trinajstić information content (AvgIpc) is 3.34. The predicted octanol–water partition coefficient (Wildman–Crippen LogP) is 4.25. The molecule has 0 bridgehead atoms. The van der Waals surface area contributed by atoms with Crippen molar-refractivity contribution in [1.29, 1.82) is 0 Å². The van der Waals surface area contributed by atoms with E-state index >= 15 is 0 Å². The lowest BCUT2D eigenvalue weighted by atomic mass is 10.1. The van der Waals surface area contributed by atoms with E-state index in [4.69, 9.17) is 0 Å². The van der Waals surface area contributed by atoms with E-state index in [1.54, 1.807) is 16.2 Å². The van der Waals surface area contributed by atoms with E-state index in [0.717, 1.165) is 23.3 Å². The largest absolute Gasteiger partial charge is 0.333 e. The molecule has 1 N–H and O–H groups in total. The molecule has 5 nitrogen and oxygen atoms in total. The summed E-state index contributed by atoms with van der Waals surface area (Å²) in [5.74, 6) is -0.0202. The van der Waals surface area contributed by atoms with Gasteiger partial charge in [0.05, 0.1) is 6.54 Å². The third-order valence-electron chi connectivity index (χ3n) is 4.53. The normalized spacial score (nSPS) is 13.8. The molecule has 0 unspecified atom stereocenters. The maximum absolute atomic E-state index is 13.2. The van der Waals surface area contributed by atoms with Crippen LogP contribution in [0, 0.1) is 0 Å². The molecule has 0 spiro atoms. The molecular weight excluding hydrogens is 370 g/mol. The first-order chi connectivity index (χ1) is 13.3. The molecule has 0 radical (unpaired) electrons. The van der Waals surface area contributed by atoms with Crippen LogP contribution in [0.15, 0.2) is 47.8 Å². The summed E-state index contributed by atoms with van der Waals surface area (Å²) in [6, 6.07) is 14.1. The maximum Gasteiger partial charge on any atom is 0.318 e. The summed E-state index contributed by atoms with van der Waals surface area (Å²) in [7, 11) is 0. The van der Waals surface area contributed by atoms with E-state index in [1.807, 2.05) is 73.5 Å². The molecule has 1 aliphatic carbocycles. The number of carbonyl (C=O) groups is 2. The number of hydrogen-bond acceptors (Lipinski definition) is 3. The molecule has 2 aromatic rings. The molecule has 0 aliphatic heterocycles. The zero-order valence-corrected chi connectivity index (χ0v) is 17.7. The summed E-state index contributed by atoms with van der Waals surface area (Å²) < 4.78 is 0. The van der Waals surface area contributed by atoms with Crippen LogP contribution in [0.5, 0.6) is 0 Å². The molecule has 150 valence electrons. The first kappa shape index (κ1) is 20.4. The minimum absolute atomic E-state index is 0.0202. The van der Waals surface area contributed by atoms with Crippen molar-refractivity contribution in [1.82, 2.24) is 15.1 Å². The smallest absolute Gasteiger partial charge is 0.318 e. The Morgan fingerprint density at radius 2 is 1.79 bits per heavy atom. The van der Waals surface area contributed by atoms with Gasteiger partial charge in [-0.15, -0.1) is 11.3 Å². The van der Waals surface area contributed by atoms with Crippen molar-refractivity contribution in [3.8, 4) is 0 Å². The Balaban J connectivity index is 1.72. The number of rotatable bonds is 7. The Kier molecular flexibility index (Phi) is 6.39. The standard InChI is InChI=1S/C22H29N3O2S/c1-22(2,3)23-21(27)25(18-11-12-18)16-20(26)24(15-19-10-7-13-28-19)14-17-8-5-4-6-9-17/h4-10,13,18H,11-12,14-16H2,1-3H3,(H,23,27). The van der Waals surface area contributed by atoms with Gasteiger partial charge < -0.3 is 15.1 Å². The number of thiophene rings is 1. The van der Waals surface area contributed by atoms with E-state index < -0.39 is 0 Å². The van der Waals surface area contributed by atoms with Gasteiger partial charge in [-0.2, -0.15) is 0 Å². The highest BCUT2D eigenvalue weighted by Crippen LogP contribution is 2.27. The van der Waals surface area contributed by atoms with Gasteiger partial charge in [-0.1, -0.05) is 36.4 Å². The van der Waals surface area contributed by atoms with Gasteiger partial charge >= 0.3 is 6.03 Å². The van der Waals surface area contributed by atoms with Crippen LogP contribution in [0.25, 0.3) is 0 Å². The Hall–Kier alpha value is -2.34. The number of hydrogen-bond donors (Lipinski definition) is 1. The number of carbonyl (C=O) groups excluding carboxylic acids is 2. The summed E-state index contributed by atoms with van der Waals surface area (Å²) in [5.41, 5.74) is 0.762. The summed E-state index contributed by atoms with van der Waals surface area (Å²) >= 11 is 1.64. The highest BCUT2D eigenvalue weighted by molar-refractivity contribution is 7.09. The highest BCUT2D eigenvalue weighted by Gasteiger charge is 2.36. The molecule has 1 aromatic carbocycles. The molecule has 1 aromatic heterocycles. The molecule has 1 aliphatic rings. The first-order valence-electron chi connectivity index (χ1n) is 9.75. The van der Waals surface area contributed by atoms with Crippen molar-refractivity contribution in [3.63, 3.8) is 0 Å². The first-order valence-corrected chi connectivity index (χ1v) is 10.6. The maximum atomic E-state index is 13.2. The lowest BCUT2D eigenvalue weighted by Crippen LogP contribution is -2.52. The van der Waals surface area contributed by atoms with Crippen molar-refractivity contribution in [3.05, 3.63) is 58.3 Å². The van der Waals surface area contributed by atoms with Crippen molar-refractivity contribution >= 4 is 23.3 Å². The fraction of sp³-hybridized carbons (Fsp3) is 0.455. The topological polar surface area (TPSA) is 52.7 Å². The van der Waals surface area contributed by atoms with Crippen LogP contribution in [0.1, 0.15) is 44.1 Å². The van der Waals surface area contributed by atoms with Gasteiger partial charge in [-0.3, -0.25) is 4.79 Å². The van der Waals surface area contributed by atoms with Gasteiger partial charge in [0.1, 0.15) is 6.54 Å². The number of urea groups is 1. The molecular formula is C22H29N3O2S. The van der Waals surface area contributed by atoms with Crippen LogP contribution in [-0.4, -0.2) is 39.9 Å². The second-order valence-corrected chi connectivity index (χ2v) is 9.39. The van der Waals surface area contributed by atoms with E-state index in [9.17, 15) is 9.59 Å². The van der Waals surface area contributed by atoms with E-state index in [0.29, 0.717) is 13.1 Å². The Labute approximate surface area is 171 Å². The molecule has 0 atom stereocenters. The molecule has 28 heavy (non-hydrogen) atoms. The molecule has 0 saturated heterocycles. The zero-order chi connectivity index (χ0) is 20.1. The van der Waals surface area contributed by atoms with Crippen LogP contribution in [0.3, 0.4) is 0 Å². The fourth-order valence-electron chi connectivity index (χ4n) is 3.02. The summed E-state index contributed by atoms with van der Waals surface area (Å²) in [4.78, 5) is 30.6. The molecule has 3 amide bonds. The van der Waals surface area contributed by atoms with E-state index in [-0.39, 0.29) is 30.1 Å². The van der Waals surface area contributed by atoms with Crippen LogP contribution >= 0.6 is 11.3 Å². The monoisotopic (exact) mass is 399 g/mol. The highest BCUT2D eigenvalue weighted by atomic mass is 32.1. The molecule has 6 heteroatoms. The van der Waals surface area contributed by atoms with Gasteiger partial charge in [-0.05, 0) is 50.6 Å². The number of benzene rings is 1. The Morgan fingerprint density at radius 3 is 2.36 bits per heavy atom. The fourth-order valence-corrected chi connectivity index (χ4v) is 3.74. The number of nitrogens with zero attached hydrogens (tertiary/aromatic N) is 2. The average molecular weight is 400 g/mol. The van der Waals surface area contributed by atoms with Crippen molar-refractivity contribution in [2.24, 2.45) is 0 Å². The lowest BCUT2D eigenvalue weighted by molar-refractivity contribution is -0.133. The van der Waals surface area contributed by atoms with Crippen molar-refractivity contribution in [2.45, 2.75) is 58.3 Å². The van der Waals surface area contributed by atoms with Gasteiger partial charge in [0.15, 0.2) is 0 Å². The van der Waals surface area contributed by atoms with E-state index in [2.05, 4.69) is 5.32 Å². The molecule has 1 fully saturated rings. The third-order valence-corrected chi connectivity index (χ3v) is 5.39. The van der Waals surface area contributed by atoms with Crippen molar-refractivity contribution in [2.75, 3.05) is 6.54 Å². The minimum atomic E-state index is -0.325. The lowest BCUT2D eigenvalue weighted by Gasteiger charge is -2.30. The summed E-state index contributed by atoms with van der Waals surface area (Å²) in [6.07, 6.45) is 1.93. The number of nitrogens with one attached hydrogen (secondary N) is 1. The SMILES string of the molecule is CC(C)(C)NC(=O)N(CC(=O)N(Cc1ccccc1)Cc1cccs1)C1CC1. The van der Waals surface area contributed by atoms with Gasteiger partial charge in [-0.25, -0.2) is 4.79 Å². The minimum Gasteiger partial charge on any atom is -0.333 e. The van der Waals surface area contributed by atoms with Gasteiger partial charge in [0, 0.05) is 23.0 Å². The Bertz CT molecular complexity index is 780. The van der Waals surface area contributed by atoms with Crippen molar-refractivity contribution < 1.29 is 9.59 Å². The zero-order valence-electron chi connectivity index (χ0n) is 16.9. The van der Waals surface area contributed by atoms with Gasteiger partial charge in [0.25, 0.3) is 0 Å². The summed E-state index contributed by atoms with van der Waals surface area (Å²) in [6.45, 7) is 7.08. The van der Waals surface area contributed by atoms with Crippen LogP contribution < -0.4 is 5.32 Å². The summed E-state index contributed by atoms with van der Waals surface area (Å²) in [5, 5.41) is 5.02. The molecule has 1 heterocycles.